The number of aryl methyl sites for hydroxylation is 1. The van der Waals surface area contributed by atoms with Gasteiger partial charge in [0.1, 0.15) is 0 Å². The minimum absolute atomic E-state index is 0.360. The summed E-state index contributed by atoms with van der Waals surface area (Å²) >= 11 is 6.13. The van der Waals surface area contributed by atoms with Gasteiger partial charge in [-0.05, 0) is 42.7 Å². The lowest BCUT2D eigenvalue weighted by Gasteiger charge is -2.15. The molecule has 2 aromatic rings. The van der Waals surface area contributed by atoms with Crippen LogP contribution in [-0.2, 0) is 0 Å². The fraction of sp³-hybridized carbons (Fsp3) is 0.176. The molecule has 0 aromatic heterocycles. The maximum atomic E-state index is 6.13. The van der Waals surface area contributed by atoms with Crippen molar-refractivity contribution >= 4 is 17.7 Å². The minimum atomic E-state index is 0.360. The molecule has 1 aliphatic carbocycles. The van der Waals surface area contributed by atoms with Gasteiger partial charge >= 0.3 is 0 Å². The van der Waals surface area contributed by atoms with E-state index in [-0.39, 0.29) is 0 Å². The van der Waals surface area contributed by atoms with E-state index in [0.29, 0.717) is 5.92 Å². The third-order valence-electron chi connectivity index (χ3n) is 3.61. The van der Waals surface area contributed by atoms with E-state index >= 15 is 0 Å². The molecular weight excluding hydrogens is 240 g/mol. The first-order valence-electron chi connectivity index (χ1n) is 6.19. The molecule has 0 fully saturated rings. The highest BCUT2D eigenvalue weighted by atomic mass is 35.5. The average Bonchev–Trinajstić information content (AvgIpc) is 2.66. The summed E-state index contributed by atoms with van der Waals surface area (Å²) in [6, 6.07) is 14.9. The number of halogens is 1. The Kier molecular flexibility index (Phi) is 2.76. The van der Waals surface area contributed by atoms with Gasteiger partial charge in [-0.1, -0.05) is 59.1 Å². The Bertz CT molecular complexity index is 621. The zero-order valence-electron chi connectivity index (χ0n) is 10.6. The Balaban J connectivity index is 2.12. The molecule has 1 unspecified atom stereocenters. The summed E-state index contributed by atoms with van der Waals surface area (Å²) in [7, 11) is 0. The molecule has 3 rings (SSSR count). The van der Waals surface area contributed by atoms with Crippen molar-refractivity contribution in [2.45, 2.75) is 19.8 Å². The SMILES string of the molecule is CC1=Cc2ccc(Cl)cc2C1c1ccc(C)cc1. The van der Waals surface area contributed by atoms with Crippen LogP contribution in [-0.4, -0.2) is 0 Å². The van der Waals surface area contributed by atoms with Crippen LogP contribution in [0.3, 0.4) is 0 Å². The predicted octanol–water partition coefficient (Wildman–Crippen LogP) is 5.20. The minimum Gasteiger partial charge on any atom is -0.0843 e. The van der Waals surface area contributed by atoms with Crippen LogP contribution < -0.4 is 0 Å². The summed E-state index contributed by atoms with van der Waals surface area (Å²) in [5.74, 6) is 0.360. The summed E-state index contributed by atoms with van der Waals surface area (Å²) in [6.07, 6.45) is 2.26. The second-order valence-electron chi connectivity index (χ2n) is 5.01. The first-order chi connectivity index (χ1) is 8.65. The van der Waals surface area contributed by atoms with Gasteiger partial charge in [0.2, 0.25) is 0 Å². The van der Waals surface area contributed by atoms with Gasteiger partial charge in [-0.3, -0.25) is 0 Å². The summed E-state index contributed by atoms with van der Waals surface area (Å²) < 4.78 is 0. The fourth-order valence-corrected chi connectivity index (χ4v) is 2.88. The van der Waals surface area contributed by atoms with E-state index in [9.17, 15) is 0 Å². The number of benzene rings is 2. The molecular formula is C17H15Cl. The summed E-state index contributed by atoms with van der Waals surface area (Å²) in [5, 5.41) is 0.814. The predicted molar refractivity (Wildman–Crippen MR) is 78.1 cm³/mol. The van der Waals surface area contributed by atoms with Crippen LogP contribution in [0.2, 0.25) is 5.02 Å². The molecule has 1 atom stereocenters. The summed E-state index contributed by atoms with van der Waals surface area (Å²) in [5.41, 5.74) is 6.64. The molecule has 1 aliphatic rings. The van der Waals surface area contributed by atoms with Gasteiger partial charge in [-0.15, -0.1) is 0 Å². The lowest BCUT2D eigenvalue weighted by molar-refractivity contribution is 0.975. The van der Waals surface area contributed by atoms with Crippen LogP contribution in [0, 0.1) is 6.92 Å². The van der Waals surface area contributed by atoms with Crippen molar-refractivity contribution in [1.82, 2.24) is 0 Å². The lowest BCUT2D eigenvalue weighted by atomic mass is 9.89. The van der Waals surface area contributed by atoms with Crippen LogP contribution in [0.25, 0.3) is 6.08 Å². The zero-order valence-corrected chi connectivity index (χ0v) is 11.3. The van der Waals surface area contributed by atoms with Gasteiger partial charge in [0.25, 0.3) is 0 Å². The van der Waals surface area contributed by atoms with Gasteiger partial charge in [0, 0.05) is 10.9 Å². The highest BCUT2D eigenvalue weighted by molar-refractivity contribution is 6.30. The molecule has 0 spiro atoms. The summed E-state index contributed by atoms with van der Waals surface area (Å²) in [4.78, 5) is 0. The van der Waals surface area contributed by atoms with Crippen molar-refractivity contribution in [2.24, 2.45) is 0 Å². The van der Waals surface area contributed by atoms with Crippen molar-refractivity contribution in [2.75, 3.05) is 0 Å². The van der Waals surface area contributed by atoms with Crippen LogP contribution in [0.15, 0.2) is 48.0 Å². The highest BCUT2D eigenvalue weighted by Crippen LogP contribution is 2.41. The molecule has 2 aromatic carbocycles. The van der Waals surface area contributed by atoms with E-state index in [2.05, 4.69) is 56.3 Å². The number of hydrogen-bond acceptors (Lipinski definition) is 0. The van der Waals surface area contributed by atoms with Crippen molar-refractivity contribution < 1.29 is 0 Å². The molecule has 0 nitrogen and oxygen atoms in total. The van der Waals surface area contributed by atoms with E-state index in [1.54, 1.807) is 0 Å². The third-order valence-corrected chi connectivity index (χ3v) is 3.84. The maximum absolute atomic E-state index is 6.13. The van der Waals surface area contributed by atoms with Gasteiger partial charge in [-0.2, -0.15) is 0 Å². The van der Waals surface area contributed by atoms with E-state index in [4.69, 9.17) is 11.6 Å². The van der Waals surface area contributed by atoms with E-state index in [1.165, 1.54) is 27.8 Å². The second kappa shape index (κ2) is 4.29. The van der Waals surface area contributed by atoms with Gasteiger partial charge in [0.15, 0.2) is 0 Å². The number of allylic oxidation sites excluding steroid dienone is 1. The molecule has 0 N–H and O–H groups in total. The fourth-order valence-electron chi connectivity index (χ4n) is 2.70. The second-order valence-corrected chi connectivity index (χ2v) is 5.44. The third kappa shape index (κ3) is 1.87. The first-order valence-corrected chi connectivity index (χ1v) is 6.57. The van der Waals surface area contributed by atoms with Crippen LogP contribution in [0.5, 0.6) is 0 Å². The molecule has 1 heteroatoms. The lowest BCUT2D eigenvalue weighted by Crippen LogP contribution is -1.99. The number of rotatable bonds is 1. The van der Waals surface area contributed by atoms with Crippen molar-refractivity contribution in [3.63, 3.8) is 0 Å². The largest absolute Gasteiger partial charge is 0.0843 e. The molecule has 0 saturated carbocycles. The Morgan fingerprint density at radius 1 is 0.944 bits per heavy atom. The molecule has 90 valence electrons. The Hall–Kier alpha value is -1.53. The molecule has 0 saturated heterocycles. The molecule has 0 bridgehead atoms. The normalized spacial score (nSPS) is 17.5. The van der Waals surface area contributed by atoms with Gasteiger partial charge < -0.3 is 0 Å². The van der Waals surface area contributed by atoms with E-state index < -0.39 is 0 Å². The summed E-state index contributed by atoms with van der Waals surface area (Å²) in [6.45, 7) is 4.31. The number of fused-ring (bicyclic) bond motifs is 1. The van der Waals surface area contributed by atoms with Crippen molar-refractivity contribution in [3.05, 3.63) is 75.3 Å². The molecule has 0 aliphatic heterocycles. The topological polar surface area (TPSA) is 0 Å². The average molecular weight is 255 g/mol. The van der Waals surface area contributed by atoms with Gasteiger partial charge in [0.05, 0.1) is 0 Å². The van der Waals surface area contributed by atoms with Crippen molar-refractivity contribution in [3.8, 4) is 0 Å². The first kappa shape index (κ1) is 11.6. The Morgan fingerprint density at radius 3 is 2.39 bits per heavy atom. The van der Waals surface area contributed by atoms with Crippen LogP contribution in [0.1, 0.15) is 35.1 Å². The molecule has 18 heavy (non-hydrogen) atoms. The Labute approximate surface area is 113 Å². The van der Waals surface area contributed by atoms with Crippen LogP contribution in [0.4, 0.5) is 0 Å². The quantitative estimate of drug-likeness (QED) is 0.656. The van der Waals surface area contributed by atoms with Gasteiger partial charge in [-0.25, -0.2) is 0 Å². The van der Waals surface area contributed by atoms with E-state index in [1.807, 2.05) is 6.07 Å². The number of hydrogen-bond donors (Lipinski definition) is 0. The maximum Gasteiger partial charge on any atom is 0.0409 e. The Morgan fingerprint density at radius 2 is 1.67 bits per heavy atom. The van der Waals surface area contributed by atoms with E-state index in [0.717, 1.165) is 5.02 Å². The zero-order chi connectivity index (χ0) is 12.7. The molecule has 0 radical (unpaired) electrons. The molecule has 0 amide bonds. The highest BCUT2D eigenvalue weighted by Gasteiger charge is 2.24. The molecule has 0 heterocycles. The van der Waals surface area contributed by atoms with Crippen molar-refractivity contribution in [1.29, 1.82) is 0 Å². The standard InChI is InChI=1S/C17H15Cl/c1-11-3-5-13(6-4-11)17-12(2)9-14-7-8-15(18)10-16(14)17/h3-10,17H,1-2H3. The van der Waals surface area contributed by atoms with Crippen LogP contribution >= 0.6 is 11.6 Å². The monoisotopic (exact) mass is 254 g/mol. The smallest absolute Gasteiger partial charge is 0.0409 e.